The van der Waals surface area contributed by atoms with Gasteiger partial charge < -0.3 is 10.2 Å². The summed E-state index contributed by atoms with van der Waals surface area (Å²) in [6, 6.07) is 8.02. The Bertz CT molecular complexity index is 798. The maximum atomic E-state index is 13.0. The number of anilines is 1. The number of aryl methyl sites for hydroxylation is 1. The second-order valence-electron chi connectivity index (χ2n) is 7.95. The Morgan fingerprint density at radius 1 is 1.30 bits per heavy atom. The molecule has 1 amide bonds. The third-order valence-electron chi connectivity index (χ3n) is 5.87. The Morgan fingerprint density at radius 2 is 1.96 bits per heavy atom. The first-order valence-corrected chi connectivity index (χ1v) is 11.0. The van der Waals surface area contributed by atoms with Crippen molar-refractivity contribution in [1.29, 1.82) is 0 Å². The van der Waals surface area contributed by atoms with E-state index in [9.17, 15) is 4.79 Å². The maximum absolute atomic E-state index is 13.0. The van der Waals surface area contributed by atoms with E-state index in [4.69, 9.17) is 11.6 Å². The molecule has 0 radical (unpaired) electrons. The van der Waals surface area contributed by atoms with Crippen molar-refractivity contribution < 1.29 is 4.79 Å². The summed E-state index contributed by atoms with van der Waals surface area (Å²) in [5.74, 6) is 1.49. The van der Waals surface area contributed by atoms with Crippen LogP contribution in [0.25, 0.3) is 0 Å². The molecule has 3 atom stereocenters. The summed E-state index contributed by atoms with van der Waals surface area (Å²) in [7, 11) is 0. The number of halogens is 1. The lowest BCUT2D eigenvalue weighted by atomic mass is 9.94. The minimum atomic E-state index is 0.0890. The van der Waals surface area contributed by atoms with Gasteiger partial charge in [0, 0.05) is 29.4 Å². The number of rotatable bonds is 5. The molecule has 1 aromatic carbocycles. The number of hydrogen-bond acceptors (Lipinski definition) is 4. The molecule has 2 heterocycles. The van der Waals surface area contributed by atoms with Crippen molar-refractivity contribution in [2.24, 2.45) is 17.8 Å². The monoisotopic (exact) mass is 403 g/mol. The van der Waals surface area contributed by atoms with Crippen LogP contribution in [0.4, 0.5) is 5.13 Å². The number of nitrogens with zero attached hydrogens (tertiary/aromatic N) is 2. The molecule has 2 aliphatic rings. The van der Waals surface area contributed by atoms with Crippen molar-refractivity contribution in [3.05, 3.63) is 45.9 Å². The number of thiazole rings is 1. The van der Waals surface area contributed by atoms with Crippen LogP contribution >= 0.6 is 22.9 Å². The van der Waals surface area contributed by atoms with Crippen molar-refractivity contribution in [2.75, 3.05) is 18.0 Å². The number of carbonyl (C=O) groups excluding carboxylic acids is 1. The molecule has 4 nitrogen and oxygen atoms in total. The zero-order valence-electron chi connectivity index (χ0n) is 15.8. The van der Waals surface area contributed by atoms with Gasteiger partial charge in [-0.3, -0.25) is 4.79 Å². The summed E-state index contributed by atoms with van der Waals surface area (Å²) in [5.41, 5.74) is 2.23. The van der Waals surface area contributed by atoms with Crippen molar-refractivity contribution in [3.8, 4) is 0 Å². The lowest BCUT2D eigenvalue weighted by Gasteiger charge is -2.32. The minimum absolute atomic E-state index is 0.0890. The van der Waals surface area contributed by atoms with Crippen molar-refractivity contribution in [3.63, 3.8) is 0 Å². The normalized spacial score (nSPS) is 23.9. The molecular weight excluding hydrogens is 378 g/mol. The Balaban J connectivity index is 1.38. The van der Waals surface area contributed by atoms with Gasteiger partial charge in [-0.15, -0.1) is 11.3 Å². The third-order valence-corrected chi connectivity index (χ3v) is 7.14. The summed E-state index contributed by atoms with van der Waals surface area (Å²) in [6.45, 7) is 6.08. The molecule has 2 fully saturated rings. The van der Waals surface area contributed by atoms with Gasteiger partial charge in [0.05, 0.1) is 11.7 Å². The molecule has 0 unspecified atom stereocenters. The first-order chi connectivity index (χ1) is 13.0. The fourth-order valence-electron chi connectivity index (χ4n) is 4.01. The average Bonchev–Trinajstić information content (AvgIpc) is 3.23. The summed E-state index contributed by atoms with van der Waals surface area (Å²) >= 11 is 7.73. The van der Waals surface area contributed by atoms with Crippen molar-refractivity contribution in [1.82, 2.24) is 10.3 Å². The predicted octanol–water partition coefficient (Wildman–Crippen LogP) is 4.83. The first-order valence-electron chi connectivity index (χ1n) is 9.74. The highest BCUT2D eigenvalue weighted by Crippen LogP contribution is 2.47. The Labute approximate surface area is 169 Å². The van der Waals surface area contributed by atoms with E-state index in [1.807, 2.05) is 31.2 Å². The van der Waals surface area contributed by atoms with E-state index in [-0.39, 0.29) is 17.9 Å². The van der Waals surface area contributed by atoms with Gasteiger partial charge in [0.15, 0.2) is 5.13 Å². The van der Waals surface area contributed by atoms with E-state index in [0.717, 1.165) is 47.3 Å². The van der Waals surface area contributed by atoms with Gasteiger partial charge >= 0.3 is 0 Å². The number of hydrogen-bond donors (Lipinski definition) is 1. The second-order valence-corrected chi connectivity index (χ2v) is 9.22. The van der Waals surface area contributed by atoms with Crippen molar-refractivity contribution >= 4 is 34.0 Å². The molecule has 1 saturated heterocycles. The zero-order valence-corrected chi connectivity index (χ0v) is 17.4. The number of amides is 1. The summed E-state index contributed by atoms with van der Waals surface area (Å²) < 4.78 is 0. The van der Waals surface area contributed by atoms with E-state index < -0.39 is 0 Å². The molecule has 6 heteroatoms. The summed E-state index contributed by atoms with van der Waals surface area (Å²) in [6.07, 6.45) is 2.95. The quantitative estimate of drug-likeness (QED) is 0.777. The zero-order chi connectivity index (χ0) is 19.0. The van der Waals surface area contributed by atoms with Crippen LogP contribution in [0, 0.1) is 24.7 Å². The van der Waals surface area contributed by atoms with Crippen LogP contribution in [-0.2, 0) is 4.79 Å². The maximum Gasteiger partial charge on any atom is 0.223 e. The predicted molar refractivity (Wildman–Crippen MR) is 111 cm³/mol. The van der Waals surface area contributed by atoms with Gasteiger partial charge in [-0.25, -0.2) is 4.98 Å². The molecule has 2 aromatic rings. The van der Waals surface area contributed by atoms with Gasteiger partial charge in [-0.1, -0.05) is 30.7 Å². The Morgan fingerprint density at radius 3 is 2.52 bits per heavy atom. The van der Waals surface area contributed by atoms with Crippen LogP contribution in [0.15, 0.2) is 29.6 Å². The number of aromatic nitrogens is 1. The summed E-state index contributed by atoms with van der Waals surface area (Å²) in [5, 5.41) is 7.26. The van der Waals surface area contributed by atoms with Crippen LogP contribution in [0.5, 0.6) is 0 Å². The molecule has 1 aromatic heterocycles. The molecule has 0 bridgehead atoms. The van der Waals surface area contributed by atoms with Gasteiger partial charge in [0.1, 0.15) is 0 Å². The molecule has 27 heavy (non-hydrogen) atoms. The Hall–Kier alpha value is -1.59. The van der Waals surface area contributed by atoms with E-state index >= 15 is 0 Å². The molecule has 1 N–H and O–H groups in total. The Kier molecular flexibility index (Phi) is 5.42. The smallest absolute Gasteiger partial charge is 0.223 e. The second kappa shape index (κ2) is 7.80. The molecule has 144 valence electrons. The first kappa shape index (κ1) is 18.8. The van der Waals surface area contributed by atoms with E-state index in [2.05, 4.69) is 27.5 Å². The fraction of sp³-hybridized carbons (Fsp3) is 0.524. The third kappa shape index (κ3) is 4.30. The molecule has 1 aliphatic heterocycles. The van der Waals surface area contributed by atoms with Gasteiger partial charge in [-0.05, 0) is 55.7 Å². The molecular formula is C21H26ClN3OS. The SMILES string of the molecule is Cc1csc(N2CCC(C(=O)N[C@H](c3ccc(Cl)cc3)[C@@H]3C[C@@H]3C)CC2)n1. The molecule has 0 spiro atoms. The van der Waals surface area contributed by atoms with Gasteiger partial charge in [0.25, 0.3) is 0 Å². The van der Waals surface area contributed by atoms with Crippen LogP contribution in [0.1, 0.15) is 43.5 Å². The van der Waals surface area contributed by atoms with E-state index in [0.29, 0.717) is 11.8 Å². The highest BCUT2D eigenvalue weighted by Gasteiger charge is 2.41. The van der Waals surface area contributed by atoms with E-state index in [1.165, 1.54) is 6.42 Å². The average molecular weight is 404 g/mol. The highest BCUT2D eigenvalue weighted by molar-refractivity contribution is 7.13. The van der Waals surface area contributed by atoms with Gasteiger partial charge in [-0.2, -0.15) is 0 Å². The number of piperidine rings is 1. The highest BCUT2D eigenvalue weighted by atomic mass is 35.5. The van der Waals surface area contributed by atoms with E-state index in [1.54, 1.807) is 11.3 Å². The largest absolute Gasteiger partial charge is 0.349 e. The van der Waals surface area contributed by atoms with Crippen LogP contribution in [0.2, 0.25) is 5.02 Å². The fourth-order valence-corrected chi connectivity index (χ4v) is 5.00. The number of nitrogens with one attached hydrogen (secondary N) is 1. The van der Waals surface area contributed by atoms with Crippen LogP contribution in [0.3, 0.4) is 0 Å². The topological polar surface area (TPSA) is 45.2 Å². The molecule has 1 aliphatic carbocycles. The lowest BCUT2D eigenvalue weighted by Crippen LogP contribution is -2.42. The number of benzene rings is 1. The molecule has 1 saturated carbocycles. The number of carbonyl (C=O) groups is 1. The standard InChI is InChI=1S/C21H26ClN3OS/c1-13-11-18(13)19(15-3-5-17(22)6-4-15)24-20(26)16-7-9-25(10-8-16)21-23-14(2)12-27-21/h3-6,12-13,16,18-19H,7-11H2,1-2H3,(H,24,26)/t13-,18+,19+/m0/s1. The van der Waals surface area contributed by atoms with Gasteiger partial charge in [0.2, 0.25) is 5.91 Å². The minimum Gasteiger partial charge on any atom is -0.349 e. The van der Waals surface area contributed by atoms with Crippen molar-refractivity contribution in [2.45, 2.75) is 39.2 Å². The van der Waals surface area contributed by atoms with Crippen LogP contribution < -0.4 is 10.2 Å². The van der Waals surface area contributed by atoms with Crippen LogP contribution in [-0.4, -0.2) is 24.0 Å². The molecule has 4 rings (SSSR count). The lowest BCUT2D eigenvalue weighted by molar-refractivity contribution is -0.126. The summed E-state index contributed by atoms with van der Waals surface area (Å²) in [4.78, 5) is 19.8.